The predicted molar refractivity (Wildman–Crippen MR) is 166 cm³/mol. The summed E-state index contributed by atoms with van der Waals surface area (Å²) in [6.45, 7) is 5.73. The number of halogens is 1. The van der Waals surface area contributed by atoms with Gasteiger partial charge in [-0.2, -0.15) is 0 Å². The molecule has 0 radical (unpaired) electrons. The van der Waals surface area contributed by atoms with Crippen molar-refractivity contribution in [1.82, 2.24) is 14.7 Å². The van der Waals surface area contributed by atoms with E-state index in [1.54, 1.807) is 12.1 Å². The van der Waals surface area contributed by atoms with Gasteiger partial charge < -0.3 is 14.7 Å². The monoisotopic (exact) mass is 613 g/mol. The normalized spacial score (nSPS) is 24.8. The molecule has 1 aliphatic carbocycles. The van der Waals surface area contributed by atoms with E-state index in [2.05, 4.69) is 40.1 Å². The minimum atomic E-state index is -3.23. The molecule has 2 aromatic rings. The van der Waals surface area contributed by atoms with Gasteiger partial charge in [-0.15, -0.1) is 12.4 Å². The number of amides is 2. The number of benzene rings is 2. The van der Waals surface area contributed by atoms with E-state index < -0.39 is 9.84 Å². The van der Waals surface area contributed by atoms with E-state index in [1.165, 1.54) is 24.7 Å². The van der Waals surface area contributed by atoms with Gasteiger partial charge in [0.1, 0.15) is 0 Å². The van der Waals surface area contributed by atoms with Gasteiger partial charge in [-0.3, -0.25) is 9.59 Å². The Balaban J connectivity index is 0.00000353. The first-order valence-electron chi connectivity index (χ1n) is 15.4. The smallest absolute Gasteiger partial charge is 0.229 e. The Kier molecular flexibility index (Phi) is 9.36. The summed E-state index contributed by atoms with van der Waals surface area (Å²) < 4.78 is 23.6. The number of likely N-dealkylation sites (tertiary alicyclic amines) is 3. The summed E-state index contributed by atoms with van der Waals surface area (Å²) in [6.07, 6.45) is 8.30. The quantitative estimate of drug-likeness (QED) is 0.450. The van der Waals surface area contributed by atoms with Crippen molar-refractivity contribution < 1.29 is 18.0 Å². The van der Waals surface area contributed by atoms with Crippen LogP contribution in [0, 0.1) is 17.3 Å². The molecule has 3 saturated heterocycles. The largest absolute Gasteiger partial charge is 0.341 e. The van der Waals surface area contributed by atoms with Gasteiger partial charge in [-0.25, -0.2) is 8.42 Å². The second-order valence-electron chi connectivity index (χ2n) is 13.0. The molecule has 42 heavy (non-hydrogen) atoms. The zero-order valence-corrected chi connectivity index (χ0v) is 26.3. The van der Waals surface area contributed by atoms with Crippen molar-refractivity contribution in [2.24, 2.45) is 17.3 Å². The van der Waals surface area contributed by atoms with E-state index in [-0.39, 0.29) is 29.6 Å². The summed E-state index contributed by atoms with van der Waals surface area (Å²) in [5.74, 6) is 1.60. The molecule has 4 fully saturated rings. The first kappa shape index (κ1) is 31.0. The summed E-state index contributed by atoms with van der Waals surface area (Å²) in [7, 11) is -3.23. The van der Waals surface area contributed by atoms with Crippen LogP contribution in [-0.2, 0) is 26.0 Å². The van der Waals surface area contributed by atoms with E-state index in [1.807, 2.05) is 17.0 Å². The van der Waals surface area contributed by atoms with Crippen LogP contribution >= 0.6 is 12.4 Å². The van der Waals surface area contributed by atoms with Crippen molar-refractivity contribution >= 4 is 34.1 Å². The lowest BCUT2D eigenvalue weighted by Crippen LogP contribution is -2.46. The lowest BCUT2D eigenvalue weighted by molar-refractivity contribution is -0.139. The Morgan fingerprint density at radius 1 is 0.905 bits per heavy atom. The van der Waals surface area contributed by atoms with Gasteiger partial charge in [0.2, 0.25) is 11.8 Å². The first-order chi connectivity index (χ1) is 19.7. The van der Waals surface area contributed by atoms with Crippen molar-refractivity contribution in [3.05, 3.63) is 65.7 Å². The second kappa shape index (κ2) is 12.7. The van der Waals surface area contributed by atoms with E-state index in [4.69, 9.17) is 0 Å². The van der Waals surface area contributed by atoms with Crippen molar-refractivity contribution in [2.45, 2.75) is 62.3 Å². The van der Waals surface area contributed by atoms with Crippen molar-refractivity contribution in [2.75, 3.05) is 45.5 Å². The summed E-state index contributed by atoms with van der Waals surface area (Å²) in [6, 6.07) is 17.6. The average molecular weight is 614 g/mol. The Morgan fingerprint density at radius 2 is 1.55 bits per heavy atom. The molecule has 6 rings (SSSR count). The number of carbonyl (C=O) groups excluding carboxylic acids is 2. The molecule has 1 spiro atoms. The van der Waals surface area contributed by atoms with Gasteiger partial charge in [-0.05, 0) is 74.4 Å². The number of rotatable bonds is 7. The minimum Gasteiger partial charge on any atom is -0.341 e. The molecule has 2 aromatic carbocycles. The van der Waals surface area contributed by atoms with Crippen LogP contribution in [0.2, 0.25) is 0 Å². The molecule has 0 aromatic heterocycles. The number of piperidine rings is 1. The standard InChI is InChI=1S/C33H43N3O4S.ClH/c1-41(39,40)29-13-11-25(12-14-29)21-35-20-17-33(32(35)38)15-18-34(19-16-33)22-28-23-36(31(37)27-9-5-6-10-27)24-30(28)26-7-3-2-4-8-26;/h2-4,7-8,11-14,27-28,30H,5-6,9-10,15-24H2,1H3;1H. The van der Waals surface area contributed by atoms with Crippen molar-refractivity contribution in [3.63, 3.8) is 0 Å². The molecule has 0 bridgehead atoms. The number of carbonyl (C=O) groups is 2. The summed E-state index contributed by atoms with van der Waals surface area (Å²) in [4.78, 5) is 33.9. The number of hydrogen-bond donors (Lipinski definition) is 0. The van der Waals surface area contributed by atoms with Gasteiger partial charge in [0, 0.05) is 50.8 Å². The zero-order chi connectivity index (χ0) is 28.6. The highest BCUT2D eigenvalue weighted by molar-refractivity contribution is 7.90. The van der Waals surface area contributed by atoms with Gasteiger partial charge >= 0.3 is 0 Å². The minimum absolute atomic E-state index is 0. The fourth-order valence-corrected chi connectivity index (χ4v) is 8.44. The number of nitrogens with zero attached hydrogens (tertiary/aromatic N) is 3. The number of hydrogen-bond acceptors (Lipinski definition) is 5. The van der Waals surface area contributed by atoms with Crippen LogP contribution in [0.3, 0.4) is 0 Å². The molecule has 1 saturated carbocycles. The molecule has 2 atom stereocenters. The number of sulfone groups is 1. The summed E-state index contributed by atoms with van der Waals surface area (Å²) >= 11 is 0. The van der Waals surface area contributed by atoms with Crippen LogP contribution in [0.25, 0.3) is 0 Å². The van der Waals surface area contributed by atoms with E-state index in [0.29, 0.717) is 29.2 Å². The van der Waals surface area contributed by atoms with Crippen LogP contribution in [0.5, 0.6) is 0 Å². The fraction of sp³-hybridized carbons (Fsp3) is 0.576. The lowest BCUT2D eigenvalue weighted by atomic mass is 9.76. The van der Waals surface area contributed by atoms with E-state index in [9.17, 15) is 18.0 Å². The second-order valence-corrected chi connectivity index (χ2v) is 15.0. The molecule has 7 nitrogen and oxygen atoms in total. The predicted octanol–water partition coefficient (Wildman–Crippen LogP) is 4.76. The van der Waals surface area contributed by atoms with Gasteiger partial charge in [0.05, 0.1) is 10.3 Å². The van der Waals surface area contributed by atoms with Gasteiger partial charge in [0.15, 0.2) is 9.84 Å². The summed E-state index contributed by atoms with van der Waals surface area (Å²) in [5.41, 5.74) is 2.02. The average Bonchev–Trinajstić information content (AvgIpc) is 3.72. The SMILES string of the molecule is CS(=O)(=O)c1ccc(CN2CCC3(CCN(CC4CN(C(=O)C5CCCC5)CC4c4ccccc4)CC3)C2=O)cc1.Cl. The highest BCUT2D eigenvalue weighted by atomic mass is 35.5. The van der Waals surface area contributed by atoms with Crippen molar-refractivity contribution in [3.8, 4) is 0 Å². The van der Waals surface area contributed by atoms with Crippen LogP contribution in [0.15, 0.2) is 59.5 Å². The first-order valence-corrected chi connectivity index (χ1v) is 17.3. The highest BCUT2D eigenvalue weighted by Crippen LogP contribution is 2.43. The fourth-order valence-electron chi connectivity index (χ4n) is 7.81. The Morgan fingerprint density at radius 3 is 2.19 bits per heavy atom. The molecule has 228 valence electrons. The zero-order valence-electron chi connectivity index (χ0n) is 24.6. The summed E-state index contributed by atoms with van der Waals surface area (Å²) in [5, 5.41) is 0. The lowest BCUT2D eigenvalue weighted by Gasteiger charge is -2.39. The Labute approximate surface area is 257 Å². The highest BCUT2D eigenvalue weighted by Gasteiger charge is 2.48. The van der Waals surface area contributed by atoms with Crippen molar-refractivity contribution in [1.29, 1.82) is 0 Å². The van der Waals surface area contributed by atoms with E-state index >= 15 is 0 Å². The van der Waals surface area contributed by atoms with Gasteiger partial charge in [0.25, 0.3) is 0 Å². The maximum absolute atomic E-state index is 13.6. The molecule has 0 N–H and O–H groups in total. The molecular formula is C33H44ClN3O4S. The molecule has 2 amide bonds. The molecule has 3 aliphatic heterocycles. The Hall–Kier alpha value is -2.42. The van der Waals surface area contributed by atoms with Crippen LogP contribution in [0.1, 0.15) is 62.0 Å². The third kappa shape index (κ3) is 6.41. The third-order valence-corrected chi connectivity index (χ3v) is 11.4. The molecule has 9 heteroatoms. The van der Waals surface area contributed by atoms with Crippen LogP contribution in [-0.4, -0.2) is 80.5 Å². The molecular weight excluding hydrogens is 570 g/mol. The topological polar surface area (TPSA) is 78.0 Å². The van der Waals surface area contributed by atoms with Crippen LogP contribution in [0.4, 0.5) is 0 Å². The molecule has 3 heterocycles. The van der Waals surface area contributed by atoms with Crippen LogP contribution < -0.4 is 0 Å². The molecule has 2 unspecified atom stereocenters. The van der Waals surface area contributed by atoms with E-state index in [0.717, 1.165) is 76.9 Å². The Bertz CT molecular complexity index is 1350. The third-order valence-electron chi connectivity index (χ3n) is 10.3. The maximum atomic E-state index is 13.6. The molecule has 4 aliphatic rings. The van der Waals surface area contributed by atoms with Gasteiger partial charge in [-0.1, -0.05) is 55.3 Å². The maximum Gasteiger partial charge on any atom is 0.229 e.